The van der Waals surface area contributed by atoms with Crippen LogP contribution in [0, 0.1) is 6.92 Å². The van der Waals surface area contributed by atoms with Gasteiger partial charge in [0.1, 0.15) is 0 Å². The van der Waals surface area contributed by atoms with Crippen LogP contribution in [0.2, 0.25) is 0 Å². The predicted octanol–water partition coefficient (Wildman–Crippen LogP) is 1.14. The van der Waals surface area contributed by atoms with Gasteiger partial charge in [-0.05, 0) is 14.0 Å². The van der Waals surface area contributed by atoms with Gasteiger partial charge in [0.2, 0.25) is 5.95 Å². The molecule has 0 saturated carbocycles. The van der Waals surface area contributed by atoms with Gasteiger partial charge in [-0.3, -0.25) is 0 Å². The van der Waals surface area contributed by atoms with E-state index in [2.05, 4.69) is 21.9 Å². The Morgan fingerprint density at radius 1 is 1.56 bits per heavy atom. The van der Waals surface area contributed by atoms with Crippen molar-refractivity contribution in [2.45, 2.75) is 13.5 Å². The molecule has 18 heavy (non-hydrogen) atoms. The molecule has 1 aromatic rings. The molecular weight excluding hydrogens is 228 g/mol. The van der Waals surface area contributed by atoms with E-state index in [1.54, 1.807) is 7.11 Å². The minimum Gasteiger partial charge on any atom is -0.383 e. The number of nitrogens with zero attached hydrogens (tertiary/aromatic N) is 3. The van der Waals surface area contributed by atoms with Crippen LogP contribution in [0.4, 0.5) is 5.95 Å². The number of anilines is 1. The number of nitrogens with one attached hydrogen (secondary N) is 1. The molecule has 0 fully saturated rings. The lowest BCUT2D eigenvalue weighted by Crippen LogP contribution is -2.29. The van der Waals surface area contributed by atoms with Crippen LogP contribution in [-0.4, -0.2) is 43.8 Å². The van der Waals surface area contributed by atoms with Crippen molar-refractivity contribution in [2.75, 3.05) is 38.8 Å². The normalized spacial score (nSPS) is 10.4. The standard InChI is InChI=1S/C13H22N4O/c1-5-6-17(7-8-18-4)13-15-10-12(9-14-3)11(2)16-13/h5,10,14H,1,6-9H2,2-4H3. The van der Waals surface area contributed by atoms with Crippen molar-refractivity contribution in [1.82, 2.24) is 15.3 Å². The lowest BCUT2D eigenvalue weighted by molar-refractivity contribution is 0.205. The minimum atomic E-state index is 0.647. The highest BCUT2D eigenvalue weighted by Gasteiger charge is 2.09. The maximum Gasteiger partial charge on any atom is 0.225 e. The molecule has 0 bridgehead atoms. The lowest BCUT2D eigenvalue weighted by Gasteiger charge is -2.21. The fourth-order valence-corrected chi connectivity index (χ4v) is 1.63. The maximum atomic E-state index is 5.09. The molecule has 5 nitrogen and oxygen atoms in total. The first-order chi connectivity index (χ1) is 8.72. The average Bonchev–Trinajstić information content (AvgIpc) is 2.37. The summed E-state index contributed by atoms with van der Waals surface area (Å²) in [5, 5.41) is 3.10. The van der Waals surface area contributed by atoms with Crippen molar-refractivity contribution < 1.29 is 4.74 Å². The van der Waals surface area contributed by atoms with E-state index in [9.17, 15) is 0 Å². The molecule has 0 amide bonds. The second-order valence-corrected chi connectivity index (χ2v) is 4.04. The molecule has 0 spiro atoms. The van der Waals surface area contributed by atoms with Gasteiger partial charge in [0.15, 0.2) is 0 Å². The summed E-state index contributed by atoms with van der Waals surface area (Å²) < 4.78 is 5.09. The predicted molar refractivity (Wildman–Crippen MR) is 73.8 cm³/mol. The zero-order valence-corrected chi connectivity index (χ0v) is 11.4. The number of ether oxygens (including phenoxy) is 1. The van der Waals surface area contributed by atoms with E-state index in [4.69, 9.17) is 4.74 Å². The van der Waals surface area contributed by atoms with Gasteiger partial charge in [-0.15, -0.1) is 6.58 Å². The van der Waals surface area contributed by atoms with E-state index in [0.717, 1.165) is 30.3 Å². The monoisotopic (exact) mass is 250 g/mol. The number of aromatic nitrogens is 2. The van der Waals surface area contributed by atoms with Gasteiger partial charge in [-0.1, -0.05) is 6.08 Å². The summed E-state index contributed by atoms with van der Waals surface area (Å²) in [6.07, 6.45) is 3.72. The largest absolute Gasteiger partial charge is 0.383 e. The van der Waals surface area contributed by atoms with Crippen molar-refractivity contribution in [3.05, 3.63) is 30.1 Å². The number of methoxy groups -OCH3 is 1. The first-order valence-electron chi connectivity index (χ1n) is 6.04. The Morgan fingerprint density at radius 2 is 2.33 bits per heavy atom. The van der Waals surface area contributed by atoms with E-state index < -0.39 is 0 Å². The molecule has 0 atom stereocenters. The third kappa shape index (κ3) is 4.09. The minimum absolute atomic E-state index is 0.647. The van der Waals surface area contributed by atoms with Crippen LogP contribution in [-0.2, 0) is 11.3 Å². The highest BCUT2D eigenvalue weighted by atomic mass is 16.5. The number of rotatable bonds is 8. The second-order valence-electron chi connectivity index (χ2n) is 4.04. The topological polar surface area (TPSA) is 50.3 Å². The molecule has 0 saturated heterocycles. The van der Waals surface area contributed by atoms with Crippen LogP contribution in [0.15, 0.2) is 18.9 Å². The van der Waals surface area contributed by atoms with Gasteiger partial charge >= 0.3 is 0 Å². The fourth-order valence-electron chi connectivity index (χ4n) is 1.63. The summed E-state index contributed by atoms with van der Waals surface area (Å²) in [4.78, 5) is 11.0. The first kappa shape index (κ1) is 14.6. The summed E-state index contributed by atoms with van der Waals surface area (Å²) in [5.74, 6) is 0.726. The Balaban J connectivity index is 2.84. The summed E-state index contributed by atoms with van der Waals surface area (Å²) in [6.45, 7) is 8.66. The molecular formula is C13H22N4O. The molecule has 0 aliphatic carbocycles. The fraction of sp³-hybridized carbons (Fsp3) is 0.538. The maximum absolute atomic E-state index is 5.09. The quantitative estimate of drug-likeness (QED) is 0.701. The summed E-state index contributed by atoms with van der Waals surface area (Å²) in [5.41, 5.74) is 2.12. The molecule has 0 radical (unpaired) electrons. The second kappa shape index (κ2) is 7.79. The van der Waals surface area contributed by atoms with Crippen LogP contribution >= 0.6 is 0 Å². The van der Waals surface area contributed by atoms with Gasteiger partial charge in [0.05, 0.1) is 6.61 Å². The summed E-state index contributed by atoms with van der Waals surface area (Å²) >= 11 is 0. The molecule has 0 aliphatic rings. The number of aryl methyl sites for hydroxylation is 1. The highest BCUT2D eigenvalue weighted by molar-refractivity contribution is 5.33. The van der Waals surface area contributed by atoms with E-state index >= 15 is 0 Å². The Bertz CT molecular complexity index is 381. The van der Waals surface area contributed by atoms with Gasteiger partial charge in [-0.25, -0.2) is 9.97 Å². The Kier molecular flexibility index (Phi) is 6.32. The molecule has 5 heteroatoms. The van der Waals surface area contributed by atoms with E-state index in [1.165, 1.54) is 0 Å². The van der Waals surface area contributed by atoms with Crippen molar-refractivity contribution >= 4 is 5.95 Å². The van der Waals surface area contributed by atoms with Crippen molar-refractivity contribution in [2.24, 2.45) is 0 Å². The summed E-state index contributed by atoms with van der Waals surface area (Å²) in [7, 11) is 3.60. The van der Waals surface area contributed by atoms with E-state index in [0.29, 0.717) is 13.2 Å². The van der Waals surface area contributed by atoms with Crippen LogP contribution in [0.25, 0.3) is 0 Å². The highest BCUT2D eigenvalue weighted by Crippen LogP contribution is 2.11. The zero-order chi connectivity index (χ0) is 13.4. The molecule has 0 aliphatic heterocycles. The smallest absolute Gasteiger partial charge is 0.225 e. The van der Waals surface area contributed by atoms with Crippen LogP contribution in [0.1, 0.15) is 11.3 Å². The van der Waals surface area contributed by atoms with E-state index in [-0.39, 0.29) is 0 Å². The molecule has 1 rings (SSSR count). The number of hydrogen-bond acceptors (Lipinski definition) is 5. The third-order valence-electron chi connectivity index (χ3n) is 2.63. The molecule has 1 N–H and O–H groups in total. The van der Waals surface area contributed by atoms with Crippen LogP contribution in [0.5, 0.6) is 0 Å². The molecule has 1 heterocycles. The molecule has 100 valence electrons. The van der Waals surface area contributed by atoms with Gasteiger partial charge in [0, 0.05) is 44.2 Å². The average molecular weight is 250 g/mol. The Hall–Kier alpha value is -1.46. The van der Waals surface area contributed by atoms with Gasteiger partial charge in [0.25, 0.3) is 0 Å². The van der Waals surface area contributed by atoms with Crippen molar-refractivity contribution in [3.8, 4) is 0 Å². The Morgan fingerprint density at radius 3 is 2.89 bits per heavy atom. The molecule has 0 aromatic carbocycles. The number of hydrogen-bond donors (Lipinski definition) is 1. The third-order valence-corrected chi connectivity index (χ3v) is 2.63. The van der Waals surface area contributed by atoms with E-state index in [1.807, 2.05) is 31.1 Å². The summed E-state index contributed by atoms with van der Waals surface area (Å²) in [6, 6.07) is 0. The molecule has 0 unspecified atom stereocenters. The van der Waals surface area contributed by atoms with Crippen molar-refractivity contribution in [3.63, 3.8) is 0 Å². The van der Waals surface area contributed by atoms with Gasteiger partial charge in [-0.2, -0.15) is 0 Å². The van der Waals surface area contributed by atoms with Gasteiger partial charge < -0.3 is 15.0 Å². The Labute approximate surface area is 109 Å². The first-order valence-corrected chi connectivity index (χ1v) is 6.04. The van der Waals surface area contributed by atoms with Crippen LogP contribution in [0.3, 0.4) is 0 Å². The lowest BCUT2D eigenvalue weighted by atomic mass is 10.2. The SMILES string of the molecule is C=CCN(CCOC)c1ncc(CNC)c(C)n1. The van der Waals surface area contributed by atoms with Crippen LogP contribution < -0.4 is 10.2 Å². The van der Waals surface area contributed by atoms with Crippen molar-refractivity contribution in [1.29, 1.82) is 0 Å². The molecule has 1 aromatic heterocycles. The zero-order valence-electron chi connectivity index (χ0n) is 11.4.